The number of nitrogens with zero attached hydrogens (tertiary/aromatic N) is 1. The molecule has 4 heteroatoms. The van der Waals surface area contributed by atoms with Crippen molar-refractivity contribution in [2.24, 2.45) is 7.05 Å². The minimum atomic E-state index is -0.369. The van der Waals surface area contributed by atoms with Gasteiger partial charge in [-0.05, 0) is 52.4 Å². The van der Waals surface area contributed by atoms with Crippen LogP contribution in [0.3, 0.4) is 0 Å². The van der Waals surface area contributed by atoms with Crippen molar-refractivity contribution in [1.29, 1.82) is 0 Å². The molecule has 160 valence electrons. The first-order valence-electron chi connectivity index (χ1n) is 11.0. The van der Waals surface area contributed by atoms with E-state index in [0.29, 0.717) is 13.2 Å². The number of benzene rings is 3. The smallest absolute Gasteiger partial charge is 0.407 e. The summed E-state index contributed by atoms with van der Waals surface area (Å²) < 4.78 is 7.69. The molecule has 1 amide bonds. The van der Waals surface area contributed by atoms with Crippen LogP contribution in [0, 0.1) is 0 Å². The molecule has 4 nitrogen and oxygen atoms in total. The zero-order valence-corrected chi connectivity index (χ0v) is 18.1. The molecule has 0 saturated carbocycles. The molecule has 4 aromatic rings. The molecule has 0 saturated heterocycles. The van der Waals surface area contributed by atoms with Gasteiger partial charge in [-0.25, -0.2) is 4.79 Å². The van der Waals surface area contributed by atoms with Gasteiger partial charge in [0.05, 0.1) is 0 Å². The van der Waals surface area contributed by atoms with Gasteiger partial charge in [-0.2, -0.15) is 0 Å². The third kappa shape index (κ3) is 3.92. The fourth-order valence-corrected chi connectivity index (χ4v) is 4.53. The Hall–Kier alpha value is -3.79. The number of hydrogen-bond acceptors (Lipinski definition) is 2. The van der Waals surface area contributed by atoms with Gasteiger partial charge in [0.25, 0.3) is 0 Å². The SMILES string of the molecule is Cn1ccc2cc(C=CCCNC(=O)OCC3c4ccccc4-c4ccccc43)ccc21. The number of alkyl carbamates (subject to hydrolysis) is 1. The molecule has 3 aromatic carbocycles. The first-order chi connectivity index (χ1) is 15.7. The Morgan fingerprint density at radius 3 is 2.47 bits per heavy atom. The molecule has 1 aliphatic carbocycles. The van der Waals surface area contributed by atoms with Gasteiger partial charge in [-0.3, -0.25) is 0 Å². The van der Waals surface area contributed by atoms with E-state index in [1.807, 2.05) is 19.2 Å². The van der Waals surface area contributed by atoms with E-state index in [1.54, 1.807) is 0 Å². The Morgan fingerprint density at radius 2 is 1.72 bits per heavy atom. The Labute approximate surface area is 188 Å². The number of nitrogens with one attached hydrogen (secondary N) is 1. The number of hydrogen-bond donors (Lipinski definition) is 1. The molecular formula is C28H26N2O2. The topological polar surface area (TPSA) is 43.3 Å². The van der Waals surface area contributed by atoms with E-state index < -0.39 is 0 Å². The van der Waals surface area contributed by atoms with Crippen LogP contribution in [0.25, 0.3) is 28.1 Å². The Kier molecular flexibility index (Phi) is 5.51. The van der Waals surface area contributed by atoms with Gasteiger partial charge in [0.15, 0.2) is 0 Å². The third-order valence-corrected chi connectivity index (χ3v) is 6.14. The third-order valence-electron chi connectivity index (χ3n) is 6.14. The lowest BCUT2D eigenvalue weighted by atomic mass is 9.98. The molecule has 5 rings (SSSR count). The van der Waals surface area contributed by atoms with Gasteiger partial charge >= 0.3 is 6.09 Å². The van der Waals surface area contributed by atoms with E-state index in [1.165, 1.54) is 33.2 Å². The number of carbonyl (C=O) groups is 1. The van der Waals surface area contributed by atoms with Crippen LogP contribution < -0.4 is 5.32 Å². The Bertz CT molecular complexity index is 1260. The van der Waals surface area contributed by atoms with Crippen molar-refractivity contribution in [2.45, 2.75) is 12.3 Å². The molecule has 1 aliphatic rings. The number of ether oxygens (including phenoxy) is 1. The zero-order chi connectivity index (χ0) is 21.9. The normalized spacial score (nSPS) is 12.8. The maximum atomic E-state index is 12.2. The second-order valence-corrected chi connectivity index (χ2v) is 8.19. The van der Waals surface area contributed by atoms with E-state index in [-0.39, 0.29) is 12.0 Å². The van der Waals surface area contributed by atoms with Gasteiger partial charge in [-0.15, -0.1) is 0 Å². The highest BCUT2D eigenvalue weighted by molar-refractivity contribution is 5.82. The van der Waals surface area contributed by atoms with Crippen LogP contribution in [-0.4, -0.2) is 23.8 Å². The van der Waals surface area contributed by atoms with Crippen molar-refractivity contribution in [3.05, 3.63) is 102 Å². The van der Waals surface area contributed by atoms with Gasteiger partial charge in [-0.1, -0.05) is 66.7 Å². The summed E-state index contributed by atoms with van der Waals surface area (Å²) in [5, 5.41) is 4.09. The zero-order valence-electron chi connectivity index (χ0n) is 18.1. The highest BCUT2D eigenvalue weighted by Gasteiger charge is 2.28. The van der Waals surface area contributed by atoms with E-state index in [4.69, 9.17) is 4.74 Å². The molecular weight excluding hydrogens is 396 g/mol. The minimum Gasteiger partial charge on any atom is -0.449 e. The molecule has 0 fully saturated rings. The van der Waals surface area contributed by atoms with Crippen LogP contribution >= 0.6 is 0 Å². The number of aromatic nitrogens is 1. The molecule has 0 bridgehead atoms. The van der Waals surface area contributed by atoms with Gasteiger partial charge < -0.3 is 14.6 Å². The summed E-state index contributed by atoms with van der Waals surface area (Å²) in [7, 11) is 2.05. The van der Waals surface area contributed by atoms with E-state index >= 15 is 0 Å². The van der Waals surface area contributed by atoms with Gasteiger partial charge in [0.2, 0.25) is 0 Å². The van der Waals surface area contributed by atoms with Crippen LogP contribution in [-0.2, 0) is 11.8 Å². The van der Waals surface area contributed by atoms with Gasteiger partial charge in [0, 0.05) is 36.6 Å². The van der Waals surface area contributed by atoms with Crippen LogP contribution in [0.1, 0.15) is 29.0 Å². The van der Waals surface area contributed by atoms with Crippen molar-refractivity contribution in [3.63, 3.8) is 0 Å². The Balaban J connectivity index is 1.12. The van der Waals surface area contributed by atoms with Crippen molar-refractivity contribution < 1.29 is 9.53 Å². The van der Waals surface area contributed by atoms with Crippen LogP contribution in [0.5, 0.6) is 0 Å². The standard InChI is InChI=1S/C28H26N2O2/c1-30-17-15-21-18-20(13-14-27(21)30)8-6-7-16-29-28(31)32-19-26-24-11-4-2-9-22(24)23-10-3-5-12-25(23)26/h2-6,8-15,17-18,26H,7,16,19H2,1H3,(H,29,31). The first kappa shape index (κ1) is 20.1. The summed E-state index contributed by atoms with van der Waals surface area (Å²) in [5.74, 6) is 0.0842. The van der Waals surface area contributed by atoms with E-state index in [9.17, 15) is 4.79 Å². The second kappa shape index (κ2) is 8.75. The average Bonchev–Trinajstić information content (AvgIpc) is 3.35. The van der Waals surface area contributed by atoms with Crippen LogP contribution in [0.15, 0.2) is 85.1 Å². The first-order valence-corrected chi connectivity index (χ1v) is 11.0. The fraction of sp³-hybridized carbons (Fsp3) is 0.179. The predicted molar refractivity (Wildman–Crippen MR) is 130 cm³/mol. The number of amides is 1. The van der Waals surface area contributed by atoms with Crippen molar-refractivity contribution in [2.75, 3.05) is 13.2 Å². The second-order valence-electron chi connectivity index (χ2n) is 8.19. The number of fused-ring (bicyclic) bond motifs is 4. The lowest BCUT2D eigenvalue weighted by Crippen LogP contribution is -2.26. The lowest BCUT2D eigenvalue weighted by molar-refractivity contribution is 0.143. The molecule has 0 aliphatic heterocycles. The minimum absolute atomic E-state index is 0.0842. The van der Waals surface area contributed by atoms with Gasteiger partial charge in [0.1, 0.15) is 6.61 Å². The number of aryl methyl sites for hydroxylation is 1. The molecule has 1 heterocycles. The van der Waals surface area contributed by atoms with Crippen LogP contribution in [0.4, 0.5) is 4.79 Å². The molecule has 0 atom stereocenters. The highest BCUT2D eigenvalue weighted by Crippen LogP contribution is 2.44. The molecule has 0 spiro atoms. The summed E-state index contributed by atoms with van der Waals surface area (Å²) in [4.78, 5) is 12.2. The summed E-state index contributed by atoms with van der Waals surface area (Å²) >= 11 is 0. The van der Waals surface area contributed by atoms with Crippen molar-refractivity contribution in [3.8, 4) is 11.1 Å². The van der Waals surface area contributed by atoms with Crippen molar-refractivity contribution in [1.82, 2.24) is 9.88 Å². The highest BCUT2D eigenvalue weighted by atomic mass is 16.5. The lowest BCUT2D eigenvalue weighted by Gasteiger charge is -2.14. The summed E-state index contributed by atoms with van der Waals surface area (Å²) in [6.07, 6.45) is 6.61. The molecule has 32 heavy (non-hydrogen) atoms. The average molecular weight is 423 g/mol. The largest absolute Gasteiger partial charge is 0.449 e. The van der Waals surface area contributed by atoms with Crippen molar-refractivity contribution >= 4 is 23.1 Å². The predicted octanol–water partition coefficient (Wildman–Crippen LogP) is 6.12. The van der Waals surface area contributed by atoms with E-state index in [0.717, 1.165) is 12.0 Å². The number of carbonyl (C=O) groups excluding carboxylic acids is 1. The molecule has 1 aromatic heterocycles. The molecule has 0 radical (unpaired) electrons. The monoisotopic (exact) mass is 422 g/mol. The summed E-state index contributed by atoms with van der Waals surface area (Å²) in [5.41, 5.74) is 7.29. The maximum Gasteiger partial charge on any atom is 0.407 e. The Morgan fingerprint density at radius 1 is 1.00 bits per heavy atom. The molecule has 1 N–H and O–H groups in total. The number of rotatable bonds is 6. The van der Waals surface area contributed by atoms with Crippen LogP contribution in [0.2, 0.25) is 0 Å². The molecule has 0 unspecified atom stereocenters. The maximum absolute atomic E-state index is 12.2. The summed E-state index contributed by atoms with van der Waals surface area (Å²) in [6, 6.07) is 25.2. The summed E-state index contributed by atoms with van der Waals surface area (Å²) in [6.45, 7) is 0.882. The fourth-order valence-electron chi connectivity index (χ4n) is 4.53. The quantitative estimate of drug-likeness (QED) is 0.380. The van der Waals surface area contributed by atoms with E-state index in [2.05, 4.69) is 88.9 Å².